The number of aliphatic imine (C=N–C) groups is 1. The van der Waals surface area contributed by atoms with Crippen LogP contribution in [0.4, 0.5) is 0 Å². The van der Waals surface area contributed by atoms with E-state index in [1.54, 1.807) is 18.2 Å². The fourth-order valence-corrected chi connectivity index (χ4v) is 3.50. The molecule has 0 aromatic heterocycles. The average Bonchev–Trinajstić information content (AvgIpc) is 2.66. The minimum Gasteiger partial charge on any atom is -0.507 e. The van der Waals surface area contributed by atoms with Gasteiger partial charge >= 0.3 is 0 Å². The second-order valence-electron chi connectivity index (χ2n) is 6.85. The van der Waals surface area contributed by atoms with E-state index in [4.69, 9.17) is 28.2 Å². The number of aromatic hydroxyl groups is 1. The molecule has 1 N–H and O–H groups in total. The summed E-state index contributed by atoms with van der Waals surface area (Å²) in [5.74, 6) is 0.161. The van der Waals surface area contributed by atoms with Crippen LogP contribution in [0.2, 0.25) is 10.0 Å². The van der Waals surface area contributed by atoms with E-state index < -0.39 is 0 Å². The lowest BCUT2D eigenvalue weighted by Gasteiger charge is -2.12. The molecule has 0 spiro atoms. The summed E-state index contributed by atoms with van der Waals surface area (Å²) in [4.78, 5) is 4.79. The monoisotopic (exact) mass is 405 g/mol. The van der Waals surface area contributed by atoms with Crippen LogP contribution in [0.3, 0.4) is 0 Å². The number of nitrogens with zero attached hydrogens (tertiary/aromatic N) is 1. The molecule has 0 unspecified atom stereocenters. The largest absolute Gasteiger partial charge is 0.507 e. The first-order valence-electron chi connectivity index (χ1n) is 9.91. The lowest BCUT2D eigenvalue weighted by atomic mass is 10.0. The van der Waals surface area contributed by atoms with E-state index in [0.29, 0.717) is 27.9 Å². The first-order valence-corrected chi connectivity index (χ1v) is 10.7. The number of rotatable bonds is 11. The molecule has 0 fully saturated rings. The van der Waals surface area contributed by atoms with Gasteiger partial charge in [-0.2, -0.15) is 0 Å². The van der Waals surface area contributed by atoms with Crippen LogP contribution >= 0.6 is 23.2 Å². The quantitative estimate of drug-likeness (QED) is 0.301. The number of unbranched alkanes of at least 4 members (excludes halogenated alkanes) is 7. The highest BCUT2D eigenvalue weighted by Gasteiger charge is 2.14. The molecule has 0 radical (unpaired) electrons. The third-order valence-electron chi connectivity index (χ3n) is 4.62. The highest BCUT2D eigenvalue weighted by atomic mass is 35.5. The number of hydrogen-bond acceptors (Lipinski definition) is 2. The molecule has 0 saturated carbocycles. The second-order valence-corrected chi connectivity index (χ2v) is 7.69. The molecule has 0 amide bonds. The molecule has 146 valence electrons. The first-order chi connectivity index (χ1) is 13.1. The maximum absolute atomic E-state index is 10.3. The van der Waals surface area contributed by atoms with E-state index in [0.717, 1.165) is 12.0 Å². The molecule has 2 rings (SSSR count). The highest BCUT2D eigenvalue weighted by Crippen LogP contribution is 2.28. The Labute approximate surface area is 173 Å². The zero-order valence-electron chi connectivity index (χ0n) is 16.1. The van der Waals surface area contributed by atoms with E-state index in [9.17, 15) is 5.11 Å². The molecule has 4 heteroatoms. The second kappa shape index (κ2) is 12.0. The number of hydrogen-bond donors (Lipinski definition) is 1. The molecule has 2 aromatic rings. The molecule has 0 saturated heterocycles. The standard InChI is InChI=1S/C23H29Cl2NO/c1-2-3-4-5-6-7-8-11-16-26-23(19-12-9-10-13-21(19)25)20-17-18(24)14-15-22(20)27/h9-10,12-15,17,27H,2-8,11,16H2,1H3. The average molecular weight is 406 g/mol. The Balaban J connectivity index is 2.04. The number of phenols is 1. The molecule has 0 bridgehead atoms. The van der Waals surface area contributed by atoms with Crippen LogP contribution in [0.1, 0.15) is 69.4 Å². The van der Waals surface area contributed by atoms with Crippen molar-refractivity contribution in [1.82, 2.24) is 0 Å². The molecule has 0 aliphatic heterocycles. The van der Waals surface area contributed by atoms with Crippen molar-refractivity contribution in [2.75, 3.05) is 6.54 Å². The van der Waals surface area contributed by atoms with Crippen molar-refractivity contribution in [3.63, 3.8) is 0 Å². The minimum absolute atomic E-state index is 0.161. The Morgan fingerprint density at radius 2 is 1.52 bits per heavy atom. The van der Waals surface area contributed by atoms with E-state index in [2.05, 4.69) is 6.92 Å². The molecule has 2 nitrogen and oxygen atoms in total. The van der Waals surface area contributed by atoms with Gasteiger partial charge in [0.15, 0.2) is 0 Å². The summed E-state index contributed by atoms with van der Waals surface area (Å²) < 4.78 is 0. The Bertz CT molecular complexity index is 743. The predicted octanol–water partition coefficient (Wildman–Crippen LogP) is 7.68. The normalized spacial score (nSPS) is 11.7. The maximum Gasteiger partial charge on any atom is 0.125 e. The van der Waals surface area contributed by atoms with E-state index in [1.807, 2.05) is 24.3 Å². The van der Waals surface area contributed by atoms with Gasteiger partial charge in [0.1, 0.15) is 5.75 Å². The number of halogens is 2. The summed E-state index contributed by atoms with van der Waals surface area (Å²) >= 11 is 12.5. The first kappa shape index (κ1) is 21.8. The Kier molecular flexibility index (Phi) is 9.72. The van der Waals surface area contributed by atoms with Gasteiger partial charge in [-0.05, 0) is 30.7 Å². The SMILES string of the molecule is CCCCCCCCCCN=C(c1cc(Cl)ccc1O)c1ccccc1Cl. The Morgan fingerprint density at radius 3 is 2.22 bits per heavy atom. The van der Waals surface area contributed by atoms with Gasteiger partial charge in [0.2, 0.25) is 0 Å². The molecule has 2 aromatic carbocycles. The van der Waals surface area contributed by atoms with Gasteiger partial charge in [-0.15, -0.1) is 0 Å². The zero-order valence-corrected chi connectivity index (χ0v) is 17.6. The third-order valence-corrected chi connectivity index (χ3v) is 5.19. The summed E-state index contributed by atoms with van der Waals surface area (Å²) in [5, 5.41) is 11.5. The van der Waals surface area contributed by atoms with Crippen molar-refractivity contribution in [2.24, 2.45) is 4.99 Å². The minimum atomic E-state index is 0.161. The third kappa shape index (κ3) is 7.20. The van der Waals surface area contributed by atoms with Gasteiger partial charge < -0.3 is 5.11 Å². The summed E-state index contributed by atoms with van der Waals surface area (Å²) in [5.41, 5.74) is 2.13. The highest BCUT2D eigenvalue weighted by molar-refractivity contribution is 6.36. The molecule has 0 aliphatic carbocycles. The van der Waals surface area contributed by atoms with Crippen molar-refractivity contribution in [3.8, 4) is 5.75 Å². The predicted molar refractivity (Wildman–Crippen MR) is 118 cm³/mol. The van der Waals surface area contributed by atoms with E-state index in [1.165, 1.54) is 44.9 Å². The lowest BCUT2D eigenvalue weighted by Crippen LogP contribution is -2.06. The Morgan fingerprint density at radius 1 is 0.852 bits per heavy atom. The smallest absolute Gasteiger partial charge is 0.125 e. The van der Waals surface area contributed by atoms with Crippen LogP contribution in [0, 0.1) is 0 Å². The topological polar surface area (TPSA) is 32.6 Å². The molecule has 27 heavy (non-hydrogen) atoms. The molecular weight excluding hydrogens is 377 g/mol. The zero-order chi connectivity index (χ0) is 19.5. The van der Waals surface area contributed by atoms with E-state index >= 15 is 0 Å². The van der Waals surface area contributed by atoms with Gasteiger partial charge in [-0.1, -0.05) is 93.3 Å². The van der Waals surface area contributed by atoms with Gasteiger partial charge in [0.05, 0.1) is 5.71 Å². The summed E-state index contributed by atoms with van der Waals surface area (Å²) in [6.07, 6.45) is 10.1. The van der Waals surface area contributed by atoms with Gasteiger partial charge in [-0.25, -0.2) is 0 Å². The van der Waals surface area contributed by atoms with Crippen molar-refractivity contribution in [3.05, 3.63) is 63.6 Å². The number of phenolic OH excluding ortho intramolecular Hbond substituents is 1. The summed E-state index contributed by atoms with van der Waals surface area (Å²) in [7, 11) is 0. The van der Waals surface area contributed by atoms with Crippen LogP contribution < -0.4 is 0 Å². The van der Waals surface area contributed by atoms with Crippen molar-refractivity contribution >= 4 is 28.9 Å². The molecule has 0 atom stereocenters. The van der Waals surface area contributed by atoms with Gasteiger partial charge in [-0.3, -0.25) is 4.99 Å². The fourth-order valence-electron chi connectivity index (χ4n) is 3.10. The van der Waals surface area contributed by atoms with Crippen LogP contribution in [-0.2, 0) is 0 Å². The van der Waals surface area contributed by atoms with Crippen LogP contribution in [0.5, 0.6) is 5.75 Å². The van der Waals surface area contributed by atoms with Crippen molar-refractivity contribution in [2.45, 2.75) is 58.3 Å². The molecular formula is C23H29Cl2NO. The van der Waals surface area contributed by atoms with Crippen LogP contribution in [-0.4, -0.2) is 17.4 Å². The number of benzene rings is 2. The van der Waals surface area contributed by atoms with Gasteiger partial charge in [0.25, 0.3) is 0 Å². The summed E-state index contributed by atoms with van der Waals surface area (Å²) in [6, 6.07) is 12.6. The van der Waals surface area contributed by atoms with Gasteiger partial charge in [0, 0.05) is 27.7 Å². The van der Waals surface area contributed by atoms with Crippen LogP contribution in [0.25, 0.3) is 0 Å². The van der Waals surface area contributed by atoms with Crippen LogP contribution in [0.15, 0.2) is 47.5 Å². The molecule has 0 heterocycles. The lowest BCUT2D eigenvalue weighted by molar-refractivity contribution is 0.474. The Hall–Kier alpha value is -1.51. The molecule has 0 aliphatic rings. The fraction of sp³-hybridized carbons (Fsp3) is 0.435. The van der Waals surface area contributed by atoms with Crippen molar-refractivity contribution < 1.29 is 5.11 Å². The van der Waals surface area contributed by atoms with E-state index in [-0.39, 0.29) is 5.75 Å². The maximum atomic E-state index is 10.3. The summed E-state index contributed by atoms with van der Waals surface area (Å²) in [6.45, 7) is 2.95. The van der Waals surface area contributed by atoms with Crippen molar-refractivity contribution in [1.29, 1.82) is 0 Å².